The van der Waals surface area contributed by atoms with E-state index in [0.717, 1.165) is 42.5 Å². The Morgan fingerprint density at radius 3 is 2.77 bits per heavy atom. The van der Waals surface area contributed by atoms with Gasteiger partial charge >= 0.3 is 0 Å². The van der Waals surface area contributed by atoms with Crippen LogP contribution in [0.5, 0.6) is 5.88 Å². The van der Waals surface area contributed by atoms with Crippen LogP contribution in [0, 0.1) is 5.92 Å². The van der Waals surface area contributed by atoms with Crippen molar-refractivity contribution in [2.24, 2.45) is 11.1 Å². The standard InChI is InChI=1S/C23H26ClN3O3/c1-29-27-21-5-3-2-4-20(21)26-22(28)17-12-19(16-8-10-18(24)11-9-16)23(25-13-17)30-14-15-6-7-15/h8-13,15,20H,2-7,14H2,1H3,(H,26,28)/b27-21-/t20-/m0/s1. The van der Waals surface area contributed by atoms with Crippen LogP contribution in [0.3, 0.4) is 0 Å². The Morgan fingerprint density at radius 1 is 1.23 bits per heavy atom. The van der Waals surface area contributed by atoms with Gasteiger partial charge in [0, 0.05) is 16.8 Å². The first-order valence-electron chi connectivity index (χ1n) is 10.4. The average molecular weight is 428 g/mol. The van der Waals surface area contributed by atoms with E-state index in [-0.39, 0.29) is 11.9 Å². The number of hydrogen-bond donors (Lipinski definition) is 1. The van der Waals surface area contributed by atoms with Gasteiger partial charge in [0.2, 0.25) is 5.88 Å². The molecule has 0 bridgehead atoms. The molecule has 7 heteroatoms. The molecule has 0 spiro atoms. The zero-order valence-electron chi connectivity index (χ0n) is 17.1. The van der Waals surface area contributed by atoms with E-state index in [4.69, 9.17) is 21.2 Å². The second-order valence-electron chi connectivity index (χ2n) is 7.88. The third-order valence-electron chi connectivity index (χ3n) is 5.51. The summed E-state index contributed by atoms with van der Waals surface area (Å²) in [6.45, 7) is 0.651. The molecule has 2 fully saturated rings. The Balaban J connectivity index is 1.57. The van der Waals surface area contributed by atoms with Gasteiger partial charge in [-0.2, -0.15) is 0 Å². The van der Waals surface area contributed by atoms with Crippen molar-refractivity contribution in [1.82, 2.24) is 10.3 Å². The highest BCUT2D eigenvalue weighted by Gasteiger charge is 2.25. The largest absolute Gasteiger partial charge is 0.477 e. The van der Waals surface area contributed by atoms with Crippen LogP contribution in [0.25, 0.3) is 11.1 Å². The number of halogens is 1. The van der Waals surface area contributed by atoms with Crippen molar-refractivity contribution in [2.45, 2.75) is 44.6 Å². The molecule has 30 heavy (non-hydrogen) atoms. The van der Waals surface area contributed by atoms with Gasteiger partial charge in [0.1, 0.15) is 7.11 Å². The van der Waals surface area contributed by atoms with E-state index in [0.29, 0.717) is 29.0 Å². The lowest BCUT2D eigenvalue weighted by Gasteiger charge is -2.24. The summed E-state index contributed by atoms with van der Waals surface area (Å²) in [4.78, 5) is 22.4. The van der Waals surface area contributed by atoms with Crippen LogP contribution in [0.1, 0.15) is 48.9 Å². The monoisotopic (exact) mass is 427 g/mol. The van der Waals surface area contributed by atoms with Gasteiger partial charge in [0.25, 0.3) is 5.91 Å². The Kier molecular flexibility index (Phi) is 6.53. The average Bonchev–Trinajstić information content (AvgIpc) is 3.59. The molecule has 2 aliphatic carbocycles. The fourth-order valence-corrected chi connectivity index (χ4v) is 3.75. The van der Waals surface area contributed by atoms with E-state index < -0.39 is 0 Å². The minimum absolute atomic E-state index is 0.115. The van der Waals surface area contributed by atoms with E-state index in [2.05, 4.69) is 15.5 Å². The van der Waals surface area contributed by atoms with Gasteiger partial charge in [0.05, 0.1) is 23.9 Å². The molecule has 6 nitrogen and oxygen atoms in total. The zero-order valence-corrected chi connectivity index (χ0v) is 17.8. The quantitative estimate of drug-likeness (QED) is 0.640. The number of hydrogen-bond acceptors (Lipinski definition) is 5. The van der Waals surface area contributed by atoms with Crippen LogP contribution in [0.15, 0.2) is 41.7 Å². The summed E-state index contributed by atoms with van der Waals surface area (Å²) in [5.74, 6) is 0.972. The van der Waals surface area contributed by atoms with E-state index in [1.165, 1.54) is 20.0 Å². The van der Waals surface area contributed by atoms with Crippen LogP contribution >= 0.6 is 11.6 Å². The molecule has 0 saturated heterocycles. The van der Waals surface area contributed by atoms with Gasteiger partial charge in [-0.3, -0.25) is 4.79 Å². The van der Waals surface area contributed by atoms with Crippen molar-refractivity contribution < 1.29 is 14.4 Å². The number of nitrogens with one attached hydrogen (secondary N) is 1. The van der Waals surface area contributed by atoms with E-state index in [1.54, 1.807) is 6.20 Å². The van der Waals surface area contributed by atoms with Gasteiger partial charge in [-0.1, -0.05) is 35.3 Å². The smallest absolute Gasteiger partial charge is 0.253 e. The molecular formula is C23H26ClN3O3. The maximum atomic E-state index is 13.0. The second-order valence-corrected chi connectivity index (χ2v) is 8.31. The van der Waals surface area contributed by atoms with Crippen LogP contribution in [-0.2, 0) is 4.84 Å². The molecule has 1 atom stereocenters. The molecule has 1 amide bonds. The van der Waals surface area contributed by atoms with Gasteiger partial charge in [0.15, 0.2) is 0 Å². The molecule has 1 heterocycles. The molecule has 4 rings (SSSR count). The number of ether oxygens (including phenoxy) is 1. The number of amides is 1. The molecule has 1 N–H and O–H groups in total. The summed E-state index contributed by atoms with van der Waals surface area (Å²) >= 11 is 6.05. The first-order chi connectivity index (χ1) is 14.6. The van der Waals surface area contributed by atoms with Crippen LogP contribution < -0.4 is 10.1 Å². The Bertz CT molecular complexity index is 926. The van der Waals surface area contributed by atoms with Crippen molar-refractivity contribution in [1.29, 1.82) is 0 Å². The molecule has 1 aromatic carbocycles. The fraction of sp³-hybridized carbons (Fsp3) is 0.435. The van der Waals surface area contributed by atoms with Crippen LogP contribution in [0.2, 0.25) is 5.02 Å². The highest BCUT2D eigenvalue weighted by atomic mass is 35.5. The number of oxime groups is 1. The summed E-state index contributed by atoms with van der Waals surface area (Å²) in [5.41, 5.74) is 3.06. The number of benzene rings is 1. The lowest BCUT2D eigenvalue weighted by Crippen LogP contribution is -2.42. The summed E-state index contributed by atoms with van der Waals surface area (Å²) in [5, 5.41) is 7.84. The highest BCUT2D eigenvalue weighted by Crippen LogP contribution is 2.33. The number of carbonyl (C=O) groups excluding carboxylic acids is 1. The minimum Gasteiger partial charge on any atom is -0.477 e. The summed E-state index contributed by atoms with van der Waals surface area (Å²) in [7, 11) is 1.53. The topological polar surface area (TPSA) is 72.8 Å². The predicted molar refractivity (Wildman–Crippen MR) is 117 cm³/mol. The molecular weight excluding hydrogens is 402 g/mol. The summed E-state index contributed by atoms with van der Waals surface area (Å²) in [6.07, 6.45) is 7.77. The van der Waals surface area contributed by atoms with Crippen molar-refractivity contribution in [3.8, 4) is 17.0 Å². The molecule has 0 radical (unpaired) electrons. The van der Waals surface area contributed by atoms with E-state index >= 15 is 0 Å². The third kappa shape index (κ3) is 5.11. The molecule has 2 saturated carbocycles. The van der Waals surface area contributed by atoms with Crippen molar-refractivity contribution in [2.75, 3.05) is 13.7 Å². The highest BCUT2D eigenvalue weighted by molar-refractivity contribution is 6.30. The molecule has 0 aliphatic heterocycles. The van der Waals surface area contributed by atoms with E-state index in [9.17, 15) is 4.79 Å². The number of nitrogens with zero attached hydrogens (tertiary/aromatic N) is 2. The molecule has 158 valence electrons. The SMILES string of the molecule is CO/N=C1/CCCC[C@@H]1NC(=O)c1cnc(OCC2CC2)c(-c2ccc(Cl)cc2)c1. The second kappa shape index (κ2) is 9.47. The Labute approximate surface area is 181 Å². The zero-order chi connectivity index (χ0) is 20.9. The van der Waals surface area contributed by atoms with Gasteiger partial charge in [-0.05, 0) is 61.8 Å². The van der Waals surface area contributed by atoms with Gasteiger partial charge in [-0.15, -0.1) is 0 Å². The van der Waals surface area contributed by atoms with Crippen molar-refractivity contribution in [3.63, 3.8) is 0 Å². The predicted octanol–water partition coefficient (Wildman–Crippen LogP) is 4.87. The van der Waals surface area contributed by atoms with E-state index in [1.807, 2.05) is 30.3 Å². The molecule has 0 unspecified atom stereocenters. The fourth-order valence-electron chi connectivity index (χ4n) is 3.63. The normalized spacial score (nSPS) is 20.1. The first kappa shape index (κ1) is 20.7. The minimum atomic E-state index is -0.179. The maximum Gasteiger partial charge on any atom is 0.253 e. The number of rotatable bonds is 7. The summed E-state index contributed by atoms with van der Waals surface area (Å²) in [6, 6.07) is 9.19. The summed E-state index contributed by atoms with van der Waals surface area (Å²) < 4.78 is 5.97. The lowest BCUT2D eigenvalue weighted by molar-refractivity contribution is 0.0942. The Morgan fingerprint density at radius 2 is 2.03 bits per heavy atom. The van der Waals surface area contributed by atoms with Crippen LogP contribution in [0.4, 0.5) is 0 Å². The number of pyridine rings is 1. The first-order valence-corrected chi connectivity index (χ1v) is 10.8. The third-order valence-corrected chi connectivity index (χ3v) is 5.77. The number of aromatic nitrogens is 1. The van der Waals surface area contributed by atoms with Crippen LogP contribution in [-0.4, -0.2) is 36.4 Å². The molecule has 2 aromatic rings. The molecule has 2 aliphatic rings. The molecule has 1 aromatic heterocycles. The maximum absolute atomic E-state index is 13.0. The lowest BCUT2D eigenvalue weighted by atomic mass is 9.93. The van der Waals surface area contributed by atoms with Gasteiger partial charge in [-0.25, -0.2) is 4.98 Å². The van der Waals surface area contributed by atoms with Crippen molar-refractivity contribution >= 4 is 23.2 Å². The van der Waals surface area contributed by atoms with Gasteiger partial charge < -0.3 is 14.9 Å². The number of carbonyl (C=O) groups is 1. The van der Waals surface area contributed by atoms with Crippen molar-refractivity contribution in [3.05, 3.63) is 47.1 Å². The Hall–Kier alpha value is -2.60.